The van der Waals surface area contributed by atoms with Gasteiger partial charge in [-0.2, -0.15) is 13.2 Å². The number of rotatable bonds is 4. The summed E-state index contributed by atoms with van der Waals surface area (Å²) in [5.74, 6) is 0.386. The zero-order valence-electron chi connectivity index (χ0n) is 11.4. The first-order valence-electron chi connectivity index (χ1n) is 6.68. The van der Waals surface area contributed by atoms with Crippen LogP contribution in [-0.4, -0.2) is 37.0 Å². The molecule has 0 saturated carbocycles. The molecule has 4 nitrogen and oxygen atoms in total. The molecule has 0 aromatic heterocycles. The van der Waals surface area contributed by atoms with Crippen molar-refractivity contribution >= 4 is 5.91 Å². The SMILES string of the molecule is NC[C@@H]1CCN(C(=O)COc2ccc(C(F)(F)F)cc2)C1. The maximum absolute atomic E-state index is 12.4. The Morgan fingerprint density at radius 3 is 2.52 bits per heavy atom. The highest BCUT2D eigenvalue weighted by Gasteiger charge is 2.30. The highest BCUT2D eigenvalue weighted by atomic mass is 19.4. The molecular formula is C14H17F3N2O2. The molecule has 1 aromatic rings. The van der Waals surface area contributed by atoms with Gasteiger partial charge in [0.2, 0.25) is 0 Å². The Labute approximate surface area is 120 Å². The molecule has 2 rings (SSSR count). The Hall–Kier alpha value is -1.76. The van der Waals surface area contributed by atoms with Crippen LogP contribution in [0.1, 0.15) is 12.0 Å². The van der Waals surface area contributed by atoms with Crippen LogP contribution in [0.25, 0.3) is 0 Å². The highest BCUT2D eigenvalue weighted by Crippen LogP contribution is 2.30. The van der Waals surface area contributed by atoms with Crippen LogP contribution in [0.2, 0.25) is 0 Å². The topological polar surface area (TPSA) is 55.6 Å². The number of alkyl halides is 3. The fraction of sp³-hybridized carbons (Fsp3) is 0.500. The molecule has 1 heterocycles. The second-order valence-electron chi connectivity index (χ2n) is 5.04. The van der Waals surface area contributed by atoms with Crippen LogP contribution in [0.3, 0.4) is 0 Å². The van der Waals surface area contributed by atoms with E-state index in [-0.39, 0.29) is 18.3 Å². The molecule has 1 aliphatic rings. The lowest BCUT2D eigenvalue weighted by Gasteiger charge is -2.16. The van der Waals surface area contributed by atoms with E-state index in [1.807, 2.05) is 0 Å². The van der Waals surface area contributed by atoms with Gasteiger partial charge >= 0.3 is 6.18 Å². The number of hydrogen-bond donors (Lipinski definition) is 1. The summed E-state index contributed by atoms with van der Waals surface area (Å²) in [7, 11) is 0. The van der Waals surface area contributed by atoms with Crippen LogP contribution in [0.4, 0.5) is 13.2 Å². The van der Waals surface area contributed by atoms with E-state index in [0.29, 0.717) is 25.6 Å². The molecular weight excluding hydrogens is 285 g/mol. The van der Waals surface area contributed by atoms with Crippen molar-refractivity contribution in [2.24, 2.45) is 11.7 Å². The number of nitrogens with zero attached hydrogens (tertiary/aromatic N) is 1. The molecule has 1 amide bonds. The van der Waals surface area contributed by atoms with Crippen molar-refractivity contribution in [2.75, 3.05) is 26.2 Å². The van der Waals surface area contributed by atoms with E-state index in [4.69, 9.17) is 10.5 Å². The minimum atomic E-state index is -4.37. The largest absolute Gasteiger partial charge is 0.484 e. The number of hydrogen-bond acceptors (Lipinski definition) is 3. The van der Waals surface area contributed by atoms with Gasteiger partial charge in [-0.15, -0.1) is 0 Å². The van der Waals surface area contributed by atoms with Crippen molar-refractivity contribution in [3.8, 4) is 5.75 Å². The molecule has 0 unspecified atom stereocenters. The van der Waals surface area contributed by atoms with E-state index >= 15 is 0 Å². The molecule has 1 atom stereocenters. The van der Waals surface area contributed by atoms with Gasteiger partial charge in [0.05, 0.1) is 5.56 Å². The van der Waals surface area contributed by atoms with Crippen molar-refractivity contribution in [3.63, 3.8) is 0 Å². The quantitative estimate of drug-likeness (QED) is 0.924. The fourth-order valence-electron chi connectivity index (χ4n) is 2.23. The van der Waals surface area contributed by atoms with Gasteiger partial charge in [-0.1, -0.05) is 0 Å². The number of nitrogens with two attached hydrogens (primary N) is 1. The molecule has 7 heteroatoms. The molecule has 0 aliphatic carbocycles. The van der Waals surface area contributed by atoms with Gasteiger partial charge in [-0.25, -0.2) is 0 Å². The van der Waals surface area contributed by atoms with Crippen LogP contribution in [0.15, 0.2) is 24.3 Å². The van der Waals surface area contributed by atoms with Gasteiger partial charge in [-0.3, -0.25) is 4.79 Å². The summed E-state index contributed by atoms with van der Waals surface area (Å²) in [5.41, 5.74) is 4.81. The van der Waals surface area contributed by atoms with Crippen molar-refractivity contribution in [2.45, 2.75) is 12.6 Å². The highest BCUT2D eigenvalue weighted by molar-refractivity contribution is 5.78. The fourth-order valence-corrected chi connectivity index (χ4v) is 2.23. The van der Waals surface area contributed by atoms with Crippen molar-refractivity contribution in [3.05, 3.63) is 29.8 Å². The molecule has 116 valence electrons. The van der Waals surface area contributed by atoms with Crippen molar-refractivity contribution in [1.82, 2.24) is 4.90 Å². The Bertz CT molecular complexity index is 488. The number of carbonyl (C=O) groups is 1. The standard InChI is InChI=1S/C14H17F3N2O2/c15-14(16,17)11-1-3-12(4-2-11)21-9-13(20)19-6-5-10(7-18)8-19/h1-4,10H,5-9,18H2/t10-/m0/s1. The summed E-state index contributed by atoms with van der Waals surface area (Å²) in [5, 5.41) is 0. The van der Waals surface area contributed by atoms with Crippen LogP contribution in [0.5, 0.6) is 5.75 Å². The molecule has 2 N–H and O–H groups in total. The van der Waals surface area contributed by atoms with Gasteiger partial charge in [-0.05, 0) is 43.1 Å². The van der Waals surface area contributed by atoms with Crippen LogP contribution < -0.4 is 10.5 Å². The third-order valence-corrected chi connectivity index (χ3v) is 3.52. The summed E-state index contributed by atoms with van der Waals surface area (Å²) in [6.45, 7) is 1.63. The predicted molar refractivity (Wildman–Crippen MR) is 70.7 cm³/mol. The van der Waals surface area contributed by atoms with Crippen molar-refractivity contribution < 1.29 is 22.7 Å². The lowest BCUT2D eigenvalue weighted by molar-refractivity contribution is -0.137. The van der Waals surface area contributed by atoms with Gasteiger partial charge in [0, 0.05) is 13.1 Å². The molecule has 1 fully saturated rings. The number of likely N-dealkylation sites (tertiary alicyclic amines) is 1. The van der Waals surface area contributed by atoms with Gasteiger partial charge < -0.3 is 15.4 Å². The lowest BCUT2D eigenvalue weighted by Crippen LogP contribution is -2.33. The third-order valence-electron chi connectivity index (χ3n) is 3.52. The first-order valence-corrected chi connectivity index (χ1v) is 6.68. The molecule has 0 radical (unpaired) electrons. The first kappa shape index (κ1) is 15.6. The molecule has 21 heavy (non-hydrogen) atoms. The summed E-state index contributed by atoms with van der Waals surface area (Å²) >= 11 is 0. The summed E-state index contributed by atoms with van der Waals surface area (Å²) in [4.78, 5) is 13.6. The number of benzene rings is 1. The second kappa shape index (κ2) is 6.34. The first-order chi connectivity index (χ1) is 9.90. The second-order valence-corrected chi connectivity index (χ2v) is 5.04. The monoisotopic (exact) mass is 302 g/mol. The Morgan fingerprint density at radius 2 is 2.00 bits per heavy atom. The number of ether oxygens (including phenoxy) is 1. The smallest absolute Gasteiger partial charge is 0.416 e. The Kier molecular flexibility index (Phi) is 4.72. The normalized spacial score (nSPS) is 18.9. The van der Waals surface area contributed by atoms with E-state index in [9.17, 15) is 18.0 Å². The molecule has 1 aromatic carbocycles. The summed E-state index contributed by atoms with van der Waals surface area (Å²) in [6, 6.07) is 4.28. The van der Waals surface area contributed by atoms with Crippen LogP contribution in [-0.2, 0) is 11.0 Å². The maximum atomic E-state index is 12.4. The molecule has 0 spiro atoms. The van der Waals surface area contributed by atoms with E-state index in [1.54, 1.807) is 4.90 Å². The Morgan fingerprint density at radius 1 is 1.33 bits per heavy atom. The average molecular weight is 302 g/mol. The molecule has 1 aliphatic heterocycles. The van der Waals surface area contributed by atoms with E-state index in [0.717, 1.165) is 18.6 Å². The third kappa shape index (κ3) is 4.10. The van der Waals surface area contributed by atoms with Crippen LogP contribution >= 0.6 is 0 Å². The van der Waals surface area contributed by atoms with Gasteiger partial charge in [0.25, 0.3) is 5.91 Å². The zero-order valence-corrected chi connectivity index (χ0v) is 11.4. The van der Waals surface area contributed by atoms with Gasteiger partial charge in [0.1, 0.15) is 5.75 Å². The summed E-state index contributed by atoms with van der Waals surface area (Å²) in [6.07, 6.45) is -3.50. The average Bonchev–Trinajstić information content (AvgIpc) is 2.93. The molecule has 1 saturated heterocycles. The number of carbonyl (C=O) groups excluding carboxylic acids is 1. The minimum absolute atomic E-state index is 0.175. The van der Waals surface area contributed by atoms with Crippen molar-refractivity contribution in [1.29, 1.82) is 0 Å². The zero-order chi connectivity index (χ0) is 15.5. The Balaban J connectivity index is 1.84. The van der Waals surface area contributed by atoms with E-state index in [1.165, 1.54) is 12.1 Å². The number of halogens is 3. The van der Waals surface area contributed by atoms with Gasteiger partial charge in [0.15, 0.2) is 6.61 Å². The van der Waals surface area contributed by atoms with E-state index in [2.05, 4.69) is 0 Å². The number of amides is 1. The minimum Gasteiger partial charge on any atom is -0.484 e. The summed E-state index contributed by atoms with van der Waals surface area (Å²) < 4.78 is 42.4. The lowest BCUT2D eigenvalue weighted by atomic mass is 10.1. The predicted octanol–water partition coefficient (Wildman–Crippen LogP) is 1.89. The van der Waals surface area contributed by atoms with E-state index < -0.39 is 11.7 Å². The molecule has 0 bridgehead atoms. The maximum Gasteiger partial charge on any atom is 0.416 e. The van der Waals surface area contributed by atoms with Crippen LogP contribution in [0, 0.1) is 5.92 Å².